The predicted molar refractivity (Wildman–Crippen MR) is 145 cm³/mol. The summed E-state index contributed by atoms with van der Waals surface area (Å²) >= 11 is 0. The van der Waals surface area contributed by atoms with Crippen LogP contribution < -0.4 is 9.80 Å². The van der Waals surface area contributed by atoms with Crippen LogP contribution in [0.1, 0.15) is 47.9 Å². The van der Waals surface area contributed by atoms with Gasteiger partial charge in [-0.2, -0.15) is 10.1 Å². The minimum absolute atomic E-state index is 0.0811. The molecule has 1 aromatic carbocycles. The Kier molecular flexibility index (Phi) is 5.21. The third kappa shape index (κ3) is 3.81. The third-order valence-corrected chi connectivity index (χ3v) is 8.97. The van der Waals surface area contributed by atoms with Crippen molar-refractivity contribution in [1.29, 1.82) is 0 Å². The molecule has 0 bridgehead atoms. The summed E-state index contributed by atoms with van der Waals surface area (Å²) in [7, 11) is 0. The van der Waals surface area contributed by atoms with Crippen molar-refractivity contribution >= 4 is 23.2 Å². The fourth-order valence-corrected chi connectivity index (χ4v) is 6.70. The molecule has 3 fully saturated rings. The molecule has 10 heteroatoms. The van der Waals surface area contributed by atoms with E-state index >= 15 is 0 Å². The van der Waals surface area contributed by atoms with E-state index in [9.17, 15) is 4.79 Å². The number of fused-ring (bicyclic) bond motifs is 1. The van der Waals surface area contributed by atoms with E-state index in [2.05, 4.69) is 85.3 Å². The van der Waals surface area contributed by atoms with Crippen LogP contribution in [0.5, 0.6) is 0 Å². The molecule has 196 valence electrons. The van der Waals surface area contributed by atoms with E-state index in [1.54, 1.807) is 10.8 Å². The second-order valence-corrected chi connectivity index (χ2v) is 11.6. The number of hydrogen-bond donors (Lipinski definition) is 1. The van der Waals surface area contributed by atoms with Crippen LogP contribution in [0.15, 0.2) is 48.9 Å². The first-order valence-electron chi connectivity index (χ1n) is 13.5. The van der Waals surface area contributed by atoms with Crippen LogP contribution in [0, 0.1) is 12.3 Å². The molecular formula is C28H33N9O. The molecule has 38 heavy (non-hydrogen) atoms. The van der Waals surface area contributed by atoms with Crippen LogP contribution in [0.2, 0.25) is 0 Å². The van der Waals surface area contributed by atoms with Crippen LogP contribution in [0.4, 0.5) is 11.6 Å². The minimum Gasteiger partial charge on any atom is -0.369 e. The van der Waals surface area contributed by atoms with Crippen molar-refractivity contribution in [3.8, 4) is 0 Å². The third-order valence-electron chi connectivity index (χ3n) is 8.97. The number of benzene rings is 1. The summed E-state index contributed by atoms with van der Waals surface area (Å²) in [5, 5.41) is 11.6. The van der Waals surface area contributed by atoms with Crippen molar-refractivity contribution in [2.45, 2.75) is 38.5 Å². The van der Waals surface area contributed by atoms with Gasteiger partial charge in [0.25, 0.3) is 5.91 Å². The number of nitrogens with zero attached hydrogens (tertiary/aromatic N) is 8. The monoisotopic (exact) mass is 511 g/mol. The van der Waals surface area contributed by atoms with E-state index in [4.69, 9.17) is 0 Å². The lowest BCUT2D eigenvalue weighted by Crippen LogP contribution is -2.34. The van der Waals surface area contributed by atoms with Crippen molar-refractivity contribution in [3.05, 3.63) is 65.9 Å². The molecule has 3 aliphatic heterocycles. The number of carbonyl (C=O) groups is 1. The number of rotatable bonds is 4. The Morgan fingerprint density at radius 2 is 1.82 bits per heavy atom. The molecule has 0 radical (unpaired) electrons. The van der Waals surface area contributed by atoms with E-state index in [0.717, 1.165) is 81.4 Å². The van der Waals surface area contributed by atoms with E-state index in [0.29, 0.717) is 0 Å². The van der Waals surface area contributed by atoms with Gasteiger partial charge in [-0.05, 0) is 43.4 Å². The summed E-state index contributed by atoms with van der Waals surface area (Å²) < 4.78 is 1.79. The molecule has 0 aliphatic carbocycles. The first kappa shape index (κ1) is 23.2. The van der Waals surface area contributed by atoms with Gasteiger partial charge in [-0.15, -0.1) is 5.10 Å². The number of carbonyl (C=O) groups excluding carboxylic acids is 1. The molecule has 0 saturated carbocycles. The summed E-state index contributed by atoms with van der Waals surface area (Å²) in [5.74, 6) is 1.01. The lowest BCUT2D eigenvalue weighted by molar-refractivity contribution is 0.0764. The zero-order valence-electron chi connectivity index (χ0n) is 22.0. The summed E-state index contributed by atoms with van der Waals surface area (Å²) in [4.78, 5) is 29.1. The topological polar surface area (TPSA) is 98.5 Å². The Morgan fingerprint density at radius 1 is 1.00 bits per heavy atom. The summed E-state index contributed by atoms with van der Waals surface area (Å²) in [6.07, 6.45) is 6.69. The highest BCUT2D eigenvalue weighted by Crippen LogP contribution is 2.41. The van der Waals surface area contributed by atoms with E-state index in [-0.39, 0.29) is 22.6 Å². The highest BCUT2D eigenvalue weighted by molar-refractivity contribution is 5.91. The van der Waals surface area contributed by atoms with Crippen molar-refractivity contribution in [3.63, 3.8) is 0 Å². The van der Waals surface area contributed by atoms with Gasteiger partial charge >= 0.3 is 0 Å². The number of aromatic nitrogens is 6. The minimum atomic E-state index is -0.0811. The maximum atomic E-state index is 13.5. The van der Waals surface area contributed by atoms with Gasteiger partial charge in [0.05, 0.1) is 11.9 Å². The van der Waals surface area contributed by atoms with Crippen LogP contribution in [0.3, 0.4) is 0 Å². The average Bonchev–Trinajstić information content (AvgIpc) is 3.75. The van der Waals surface area contributed by atoms with Gasteiger partial charge in [-0.1, -0.05) is 37.3 Å². The zero-order valence-corrected chi connectivity index (χ0v) is 22.0. The quantitative estimate of drug-likeness (QED) is 0.450. The molecular weight excluding hydrogens is 478 g/mol. The number of pyridine rings is 1. The van der Waals surface area contributed by atoms with E-state index < -0.39 is 0 Å². The molecule has 1 amide bonds. The van der Waals surface area contributed by atoms with Gasteiger partial charge in [0.1, 0.15) is 6.33 Å². The van der Waals surface area contributed by atoms with Crippen molar-refractivity contribution in [2.75, 3.05) is 49.1 Å². The highest BCUT2D eigenvalue weighted by atomic mass is 16.2. The molecule has 3 aliphatic rings. The predicted octanol–water partition coefficient (Wildman–Crippen LogP) is 3.07. The molecule has 1 N–H and O–H groups in total. The summed E-state index contributed by atoms with van der Waals surface area (Å²) in [6.45, 7) is 9.59. The number of hydrogen-bond acceptors (Lipinski definition) is 7. The SMILES string of the molecule is Cc1cc(N2CC[C@](C)(c3ccccc3)C2)cn2nc(C(=O)N3CCC4(CCN(c5ncn[nH]5)C4)C3)nc12. The fraction of sp³-hybridized carbons (Fsp3) is 0.464. The standard InChI is InChI=1S/C28H33N9O/c1-20-14-22(34-11-8-27(2,16-34)21-6-4-3-5-7-21)15-37-24(20)31-23(33-37)25(38)35-12-9-28(17-35)10-13-36(18-28)26-29-19-30-32-26/h3-7,14-15,19H,8-13,16-18H2,1-2H3,(H,29,30,32)/t27-,28?/m0/s1. The Bertz CT molecular complexity index is 1480. The number of anilines is 2. The lowest BCUT2D eigenvalue weighted by atomic mass is 9.82. The zero-order chi connectivity index (χ0) is 25.9. The molecule has 7 rings (SSSR count). The second-order valence-electron chi connectivity index (χ2n) is 11.6. The van der Waals surface area contributed by atoms with Crippen molar-refractivity contribution in [1.82, 2.24) is 34.7 Å². The number of likely N-dealkylation sites (tertiary alicyclic amines) is 1. The molecule has 2 atom stereocenters. The molecule has 4 aromatic rings. The first-order valence-corrected chi connectivity index (χ1v) is 13.5. The number of H-pyrrole nitrogens is 1. The molecule has 1 unspecified atom stereocenters. The van der Waals surface area contributed by atoms with E-state index in [1.165, 1.54) is 5.56 Å². The smallest absolute Gasteiger partial charge is 0.293 e. The largest absolute Gasteiger partial charge is 0.369 e. The van der Waals surface area contributed by atoms with Crippen LogP contribution in [-0.4, -0.2) is 79.9 Å². The molecule has 1 spiro atoms. The highest BCUT2D eigenvalue weighted by Gasteiger charge is 2.46. The maximum absolute atomic E-state index is 13.5. The van der Waals surface area contributed by atoms with Crippen molar-refractivity contribution < 1.29 is 4.79 Å². The Balaban J connectivity index is 1.08. The average molecular weight is 512 g/mol. The summed E-state index contributed by atoms with van der Waals surface area (Å²) in [5.41, 5.74) is 4.47. The molecule has 3 aromatic heterocycles. The van der Waals surface area contributed by atoms with Gasteiger partial charge in [-0.3, -0.25) is 4.79 Å². The van der Waals surface area contributed by atoms with Crippen LogP contribution >= 0.6 is 0 Å². The van der Waals surface area contributed by atoms with Crippen LogP contribution in [0.25, 0.3) is 5.65 Å². The van der Waals surface area contributed by atoms with Crippen molar-refractivity contribution in [2.24, 2.45) is 5.41 Å². The molecule has 3 saturated heterocycles. The number of aryl methyl sites for hydroxylation is 1. The second kappa shape index (κ2) is 8.54. The molecule has 6 heterocycles. The number of aromatic amines is 1. The first-order chi connectivity index (χ1) is 18.4. The fourth-order valence-electron chi connectivity index (χ4n) is 6.70. The normalized spacial score (nSPS) is 25.4. The van der Waals surface area contributed by atoms with E-state index in [1.807, 2.05) is 11.1 Å². The summed E-state index contributed by atoms with van der Waals surface area (Å²) in [6, 6.07) is 12.9. The maximum Gasteiger partial charge on any atom is 0.293 e. The van der Waals surface area contributed by atoms with Gasteiger partial charge < -0.3 is 14.7 Å². The van der Waals surface area contributed by atoms with Gasteiger partial charge in [0.2, 0.25) is 11.8 Å². The number of amides is 1. The Morgan fingerprint density at radius 3 is 2.63 bits per heavy atom. The lowest BCUT2D eigenvalue weighted by Gasteiger charge is -2.26. The Labute approximate surface area is 221 Å². The van der Waals surface area contributed by atoms with Gasteiger partial charge in [-0.25, -0.2) is 14.6 Å². The molecule has 10 nitrogen and oxygen atoms in total. The van der Waals surface area contributed by atoms with Gasteiger partial charge in [0, 0.05) is 50.1 Å². The number of nitrogens with one attached hydrogen (secondary N) is 1. The Hall–Kier alpha value is -3.95. The van der Waals surface area contributed by atoms with Gasteiger partial charge in [0.15, 0.2) is 5.65 Å². The van der Waals surface area contributed by atoms with Crippen LogP contribution in [-0.2, 0) is 5.41 Å².